The standard InChI is InChI=1S/C15H13ClN2O/c1-2-19-12-8-6-11(7-9-12)18-15-5-3-4-14(16)13(15)10-17/h3-9,18H,2H2,1H3. The van der Waals surface area contributed by atoms with E-state index in [0.29, 0.717) is 22.9 Å². The van der Waals surface area contributed by atoms with E-state index in [1.54, 1.807) is 12.1 Å². The molecule has 0 saturated heterocycles. The second kappa shape index (κ2) is 6.12. The van der Waals surface area contributed by atoms with E-state index in [1.165, 1.54) is 0 Å². The van der Waals surface area contributed by atoms with Crippen LogP contribution >= 0.6 is 11.6 Å². The van der Waals surface area contributed by atoms with Crippen molar-refractivity contribution < 1.29 is 4.74 Å². The summed E-state index contributed by atoms with van der Waals surface area (Å²) < 4.78 is 5.37. The Balaban J connectivity index is 2.22. The van der Waals surface area contributed by atoms with Gasteiger partial charge in [0.1, 0.15) is 11.8 Å². The van der Waals surface area contributed by atoms with Crippen LogP contribution in [0.3, 0.4) is 0 Å². The van der Waals surface area contributed by atoms with Crippen molar-refractivity contribution in [2.24, 2.45) is 0 Å². The highest BCUT2D eigenvalue weighted by atomic mass is 35.5. The zero-order chi connectivity index (χ0) is 13.7. The Morgan fingerprint density at radius 2 is 1.95 bits per heavy atom. The molecule has 0 aliphatic heterocycles. The first kappa shape index (κ1) is 13.3. The molecule has 4 heteroatoms. The maximum atomic E-state index is 9.10. The van der Waals surface area contributed by atoms with Crippen molar-refractivity contribution in [3.8, 4) is 11.8 Å². The largest absolute Gasteiger partial charge is 0.494 e. The summed E-state index contributed by atoms with van der Waals surface area (Å²) in [4.78, 5) is 0. The number of hydrogen-bond donors (Lipinski definition) is 1. The molecule has 0 saturated carbocycles. The van der Waals surface area contributed by atoms with Gasteiger partial charge >= 0.3 is 0 Å². The van der Waals surface area contributed by atoms with E-state index in [1.807, 2.05) is 37.3 Å². The van der Waals surface area contributed by atoms with Gasteiger partial charge in [-0.25, -0.2) is 0 Å². The Bertz CT molecular complexity index is 603. The van der Waals surface area contributed by atoms with Crippen LogP contribution in [0.4, 0.5) is 11.4 Å². The van der Waals surface area contributed by atoms with Crippen molar-refractivity contribution in [2.45, 2.75) is 6.92 Å². The van der Waals surface area contributed by atoms with Gasteiger partial charge < -0.3 is 10.1 Å². The summed E-state index contributed by atoms with van der Waals surface area (Å²) in [7, 11) is 0. The highest BCUT2D eigenvalue weighted by Crippen LogP contribution is 2.27. The summed E-state index contributed by atoms with van der Waals surface area (Å²) >= 11 is 5.98. The minimum atomic E-state index is 0.443. The molecule has 0 aliphatic rings. The van der Waals surface area contributed by atoms with Gasteiger partial charge in [-0.15, -0.1) is 0 Å². The molecule has 0 amide bonds. The molecule has 0 fully saturated rings. The Labute approximate surface area is 117 Å². The van der Waals surface area contributed by atoms with Gasteiger partial charge in [-0.2, -0.15) is 5.26 Å². The lowest BCUT2D eigenvalue weighted by atomic mass is 10.2. The molecule has 0 unspecified atom stereocenters. The van der Waals surface area contributed by atoms with E-state index in [-0.39, 0.29) is 0 Å². The van der Waals surface area contributed by atoms with E-state index in [0.717, 1.165) is 11.4 Å². The number of nitrogens with zero attached hydrogens (tertiary/aromatic N) is 1. The molecule has 0 heterocycles. The lowest BCUT2D eigenvalue weighted by Crippen LogP contribution is -1.95. The van der Waals surface area contributed by atoms with Gasteiger partial charge in [0.2, 0.25) is 0 Å². The van der Waals surface area contributed by atoms with Crippen LogP contribution in [0.5, 0.6) is 5.75 Å². The number of ether oxygens (including phenoxy) is 1. The van der Waals surface area contributed by atoms with Crippen LogP contribution in [0.1, 0.15) is 12.5 Å². The Kier molecular flexibility index (Phi) is 4.27. The molecule has 0 aliphatic carbocycles. The van der Waals surface area contributed by atoms with Crippen molar-refractivity contribution in [1.82, 2.24) is 0 Å². The van der Waals surface area contributed by atoms with Crippen LogP contribution in [0.15, 0.2) is 42.5 Å². The van der Waals surface area contributed by atoms with Gasteiger partial charge in [-0.05, 0) is 43.3 Å². The van der Waals surface area contributed by atoms with E-state index < -0.39 is 0 Å². The van der Waals surface area contributed by atoms with Crippen molar-refractivity contribution in [1.29, 1.82) is 5.26 Å². The molecule has 2 aromatic carbocycles. The first-order valence-electron chi connectivity index (χ1n) is 5.93. The summed E-state index contributed by atoms with van der Waals surface area (Å²) in [5.41, 5.74) is 2.01. The van der Waals surface area contributed by atoms with Crippen LogP contribution in [0, 0.1) is 11.3 Å². The molecule has 3 nitrogen and oxygen atoms in total. The topological polar surface area (TPSA) is 45.0 Å². The number of hydrogen-bond acceptors (Lipinski definition) is 3. The van der Waals surface area contributed by atoms with E-state index in [2.05, 4.69) is 11.4 Å². The SMILES string of the molecule is CCOc1ccc(Nc2cccc(Cl)c2C#N)cc1. The second-order valence-corrected chi connectivity index (χ2v) is 4.26. The Morgan fingerprint density at radius 1 is 1.21 bits per heavy atom. The van der Waals surface area contributed by atoms with Gasteiger partial charge in [0.05, 0.1) is 22.9 Å². The molecule has 0 spiro atoms. The number of rotatable bonds is 4. The van der Waals surface area contributed by atoms with E-state index in [9.17, 15) is 0 Å². The molecule has 0 bridgehead atoms. The Morgan fingerprint density at radius 3 is 2.58 bits per heavy atom. The third kappa shape index (κ3) is 3.18. The van der Waals surface area contributed by atoms with Gasteiger partial charge in [-0.1, -0.05) is 17.7 Å². The molecular weight excluding hydrogens is 260 g/mol. The fraction of sp³-hybridized carbons (Fsp3) is 0.133. The number of benzene rings is 2. The van der Waals surface area contributed by atoms with Crippen molar-refractivity contribution in [2.75, 3.05) is 11.9 Å². The molecule has 96 valence electrons. The lowest BCUT2D eigenvalue weighted by Gasteiger charge is -2.10. The normalized spacial score (nSPS) is 9.74. The smallest absolute Gasteiger partial charge is 0.119 e. The second-order valence-electron chi connectivity index (χ2n) is 3.86. The predicted octanol–water partition coefficient (Wildman–Crippen LogP) is 4.35. The third-order valence-corrected chi connectivity index (χ3v) is 2.88. The van der Waals surface area contributed by atoms with Crippen molar-refractivity contribution >= 4 is 23.0 Å². The quantitative estimate of drug-likeness (QED) is 0.900. The monoisotopic (exact) mass is 272 g/mol. The number of nitrogens with one attached hydrogen (secondary N) is 1. The highest BCUT2D eigenvalue weighted by Gasteiger charge is 2.06. The van der Waals surface area contributed by atoms with Gasteiger partial charge in [0.25, 0.3) is 0 Å². The van der Waals surface area contributed by atoms with Gasteiger partial charge in [0.15, 0.2) is 0 Å². The maximum Gasteiger partial charge on any atom is 0.119 e. The molecular formula is C15H13ClN2O. The van der Waals surface area contributed by atoms with Gasteiger partial charge in [-0.3, -0.25) is 0 Å². The molecule has 0 radical (unpaired) electrons. The molecule has 2 rings (SSSR count). The van der Waals surface area contributed by atoms with Crippen LogP contribution in [-0.2, 0) is 0 Å². The minimum absolute atomic E-state index is 0.443. The van der Waals surface area contributed by atoms with Crippen molar-refractivity contribution in [3.63, 3.8) is 0 Å². The maximum absolute atomic E-state index is 9.10. The fourth-order valence-corrected chi connectivity index (χ4v) is 1.92. The third-order valence-electron chi connectivity index (χ3n) is 2.57. The first-order chi connectivity index (χ1) is 9.24. The zero-order valence-corrected chi connectivity index (χ0v) is 11.2. The number of anilines is 2. The van der Waals surface area contributed by atoms with Crippen LogP contribution in [0.2, 0.25) is 5.02 Å². The first-order valence-corrected chi connectivity index (χ1v) is 6.31. The predicted molar refractivity (Wildman–Crippen MR) is 77.1 cm³/mol. The summed E-state index contributed by atoms with van der Waals surface area (Å²) in [6.45, 7) is 2.58. The lowest BCUT2D eigenvalue weighted by molar-refractivity contribution is 0.340. The molecule has 0 atom stereocenters. The van der Waals surface area contributed by atoms with E-state index in [4.69, 9.17) is 21.6 Å². The average Bonchev–Trinajstić information content (AvgIpc) is 2.42. The number of nitriles is 1. The summed E-state index contributed by atoms with van der Waals surface area (Å²) in [5, 5.41) is 12.7. The summed E-state index contributed by atoms with van der Waals surface area (Å²) in [6.07, 6.45) is 0. The van der Waals surface area contributed by atoms with Crippen LogP contribution in [0.25, 0.3) is 0 Å². The van der Waals surface area contributed by atoms with Gasteiger partial charge in [0, 0.05) is 5.69 Å². The molecule has 0 aromatic heterocycles. The van der Waals surface area contributed by atoms with Crippen molar-refractivity contribution in [3.05, 3.63) is 53.1 Å². The molecule has 1 N–H and O–H groups in total. The summed E-state index contributed by atoms with van der Waals surface area (Å²) in [6, 6.07) is 15.0. The minimum Gasteiger partial charge on any atom is -0.494 e. The fourth-order valence-electron chi connectivity index (χ4n) is 1.70. The van der Waals surface area contributed by atoms with Crippen LogP contribution in [-0.4, -0.2) is 6.61 Å². The zero-order valence-electron chi connectivity index (χ0n) is 10.5. The molecule has 2 aromatic rings. The average molecular weight is 273 g/mol. The molecule has 19 heavy (non-hydrogen) atoms. The van der Waals surface area contributed by atoms with Crippen LogP contribution < -0.4 is 10.1 Å². The number of halogens is 1. The van der Waals surface area contributed by atoms with E-state index >= 15 is 0 Å². The Hall–Kier alpha value is -2.18. The highest BCUT2D eigenvalue weighted by molar-refractivity contribution is 6.32. The summed E-state index contributed by atoms with van der Waals surface area (Å²) in [5.74, 6) is 0.819.